The Morgan fingerprint density at radius 2 is 1.63 bits per heavy atom. The first-order chi connectivity index (χ1) is 13.2. The molecule has 2 aromatic carbocycles. The molecule has 0 saturated carbocycles. The Labute approximate surface area is 163 Å². The number of amides is 1. The van der Waals surface area contributed by atoms with Crippen LogP contribution in [0.1, 0.15) is 50.2 Å². The van der Waals surface area contributed by atoms with Crippen LogP contribution in [0.15, 0.2) is 60.7 Å². The third kappa shape index (κ3) is 4.98. The molecule has 0 aliphatic carbocycles. The van der Waals surface area contributed by atoms with E-state index in [2.05, 4.69) is 71.7 Å². The topological polar surface area (TPSA) is 32.3 Å². The van der Waals surface area contributed by atoms with E-state index in [1.807, 2.05) is 13.0 Å². The smallest absolute Gasteiger partial charge is 0.222 e. The third-order valence-corrected chi connectivity index (χ3v) is 5.88. The number of piperidine rings is 1. The molecule has 2 unspecified atom stereocenters. The van der Waals surface area contributed by atoms with E-state index in [-0.39, 0.29) is 11.9 Å². The molecule has 3 nitrogen and oxygen atoms in total. The summed E-state index contributed by atoms with van der Waals surface area (Å²) in [5.74, 6) is 1.10. The summed E-state index contributed by atoms with van der Waals surface area (Å²) in [4.78, 5) is 15.2. The molecular formula is C24H32N2O. The van der Waals surface area contributed by atoms with Gasteiger partial charge in [-0.1, -0.05) is 74.5 Å². The highest BCUT2D eigenvalue weighted by atomic mass is 16.2. The van der Waals surface area contributed by atoms with E-state index >= 15 is 0 Å². The monoisotopic (exact) mass is 364 g/mol. The van der Waals surface area contributed by atoms with Gasteiger partial charge < -0.3 is 10.2 Å². The number of nitrogens with one attached hydrogen (secondary N) is 1. The highest BCUT2D eigenvalue weighted by molar-refractivity contribution is 5.76. The molecule has 0 radical (unpaired) electrons. The Balaban J connectivity index is 1.94. The van der Waals surface area contributed by atoms with Gasteiger partial charge in [0.2, 0.25) is 5.91 Å². The summed E-state index contributed by atoms with van der Waals surface area (Å²) < 4.78 is 0. The molecule has 1 saturated heterocycles. The highest BCUT2D eigenvalue weighted by Crippen LogP contribution is 2.34. The molecule has 27 heavy (non-hydrogen) atoms. The maximum atomic E-state index is 13.0. The quantitative estimate of drug-likeness (QED) is 0.779. The van der Waals surface area contributed by atoms with Gasteiger partial charge in [0.25, 0.3) is 0 Å². The zero-order valence-electron chi connectivity index (χ0n) is 16.6. The van der Waals surface area contributed by atoms with Crippen molar-refractivity contribution < 1.29 is 4.79 Å². The fourth-order valence-electron chi connectivity index (χ4n) is 4.42. The van der Waals surface area contributed by atoms with Gasteiger partial charge in [-0.25, -0.2) is 0 Å². The first-order valence-corrected chi connectivity index (χ1v) is 10.3. The van der Waals surface area contributed by atoms with Crippen molar-refractivity contribution in [2.24, 2.45) is 5.92 Å². The molecule has 3 heteroatoms. The second-order valence-corrected chi connectivity index (χ2v) is 7.64. The molecule has 1 N–H and O–H groups in total. The Kier molecular flexibility index (Phi) is 7.05. The molecule has 1 aliphatic rings. The lowest BCUT2D eigenvalue weighted by atomic mass is 9.79. The molecule has 0 bridgehead atoms. The van der Waals surface area contributed by atoms with Crippen molar-refractivity contribution in [3.05, 3.63) is 71.8 Å². The second-order valence-electron chi connectivity index (χ2n) is 7.64. The summed E-state index contributed by atoms with van der Waals surface area (Å²) in [7, 11) is 0. The van der Waals surface area contributed by atoms with Gasteiger partial charge in [-0.3, -0.25) is 4.79 Å². The van der Waals surface area contributed by atoms with Gasteiger partial charge in [-0.05, 0) is 43.0 Å². The number of carbonyl (C=O) groups excluding carboxylic acids is 1. The predicted molar refractivity (Wildman–Crippen MR) is 112 cm³/mol. The Morgan fingerprint density at radius 1 is 1.04 bits per heavy atom. The average molecular weight is 365 g/mol. The van der Waals surface area contributed by atoms with E-state index in [1.165, 1.54) is 11.1 Å². The predicted octanol–water partition coefficient (Wildman–Crippen LogP) is 4.60. The van der Waals surface area contributed by atoms with Crippen molar-refractivity contribution in [2.45, 2.75) is 51.6 Å². The Bertz CT molecular complexity index is 695. The van der Waals surface area contributed by atoms with Crippen molar-refractivity contribution in [3.8, 4) is 0 Å². The van der Waals surface area contributed by atoms with Crippen molar-refractivity contribution >= 4 is 5.91 Å². The van der Waals surface area contributed by atoms with Crippen LogP contribution in [-0.4, -0.2) is 29.9 Å². The molecule has 2 atom stereocenters. The molecule has 0 aromatic heterocycles. The van der Waals surface area contributed by atoms with Crippen molar-refractivity contribution in [1.82, 2.24) is 10.2 Å². The number of carbonyl (C=O) groups is 1. The minimum absolute atomic E-state index is 0.224. The Morgan fingerprint density at radius 3 is 2.22 bits per heavy atom. The number of hydrogen-bond acceptors (Lipinski definition) is 2. The lowest BCUT2D eigenvalue weighted by Gasteiger charge is -2.42. The van der Waals surface area contributed by atoms with Gasteiger partial charge in [-0.2, -0.15) is 0 Å². The fraction of sp³-hybridized carbons (Fsp3) is 0.458. The normalized spacial score (nSPS) is 17.3. The zero-order valence-corrected chi connectivity index (χ0v) is 16.6. The lowest BCUT2D eigenvalue weighted by Crippen LogP contribution is -2.49. The van der Waals surface area contributed by atoms with Crippen LogP contribution in [0.25, 0.3) is 0 Å². The average Bonchev–Trinajstić information content (AvgIpc) is 2.74. The van der Waals surface area contributed by atoms with E-state index in [9.17, 15) is 4.79 Å². The first kappa shape index (κ1) is 19.6. The number of benzene rings is 2. The largest absolute Gasteiger partial charge is 0.335 e. The van der Waals surface area contributed by atoms with Crippen molar-refractivity contribution in [1.29, 1.82) is 0 Å². The van der Waals surface area contributed by atoms with Crippen LogP contribution in [0.2, 0.25) is 0 Å². The van der Waals surface area contributed by atoms with Crippen LogP contribution in [0, 0.1) is 5.92 Å². The van der Waals surface area contributed by atoms with E-state index in [0.29, 0.717) is 24.8 Å². The van der Waals surface area contributed by atoms with Crippen LogP contribution >= 0.6 is 0 Å². The molecule has 2 aromatic rings. The SMILES string of the molecule is CCC(=O)N(Cc1ccccc1)C(C1CCNCC1)C(C)c1ccccc1. The number of rotatable bonds is 7. The van der Waals surface area contributed by atoms with Gasteiger partial charge in [-0.15, -0.1) is 0 Å². The van der Waals surface area contributed by atoms with Crippen LogP contribution < -0.4 is 5.32 Å². The van der Waals surface area contributed by atoms with Gasteiger partial charge in [0.05, 0.1) is 0 Å². The van der Waals surface area contributed by atoms with E-state index < -0.39 is 0 Å². The molecule has 1 amide bonds. The minimum atomic E-state index is 0.224. The summed E-state index contributed by atoms with van der Waals surface area (Å²) in [6, 6.07) is 21.3. The molecule has 1 aliphatic heterocycles. The van der Waals surface area contributed by atoms with Gasteiger partial charge in [0.15, 0.2) is 0 Å². The Hall–Kier alpha value is -2.13. The van der Waals surface area contributed by atoms with Crippen LogP contribution in [-0.2, 0) is 11.3 Å². The van der Waals surface area contributed by atoms with Crippen molar-refractivity contribution in [2.75, 3.05) is 13.1 Å². The van der Waals surface area contributed by atoms with Gasteiger partial charge >= 0.3 is 0 Å². The summed E-state index contributed by atoms with van der Waals surface area (Å²) in [5, 5.41) is 3.48. The van der Waals surface area contributed by atoms with Crippen molar-refractivity contribution in [3.63, 3.8) is 0 Å². The molecule has 3 rings (SSSR count). The fourth-order valence-corrected chi connectivity index (χ4v) is 4.42. The first-order valence-electron chi connectivity index (χ1n) is 10.3. The zero-order chi connectivity index (χ0) is 19.1. The molecule has 1 fully saturated rings. The highest BCUT2D eigenvalue weighted by Gasteiger charge is 2.35. The van der Waals surface area contributed by atoms with E-state index in [1.54, 1.807) is 0 Å². The minimum Gasteiger partial charge on any atom is -0.335 e. The standard InChI is InChI=1S/C24H32N2O/c1-3-23(27)26(18-20-10-6-4-7-11-20)24(22-14-16-25-17-15-22)19(2)21-12-8-5-9-13-21/h4-13,19,22,24-25H,3,14-18H2,1-2H3. The lowest BCUT2D eigenvalue weighted by molar-refractivity contribution is -0.136. The summed E-state index contributed by atoms with van der Waals surface area (Å²) >= 11 is 0. The maximum Gasteiger partial charge on any atom is 0.222 e. The summed E-state index contributed by atoms with van der Waals surface area (Å²) in [6.07, 6.45) is 2.81. The molecular weight excluding hydrogens is 332 g/mol. The van der Waals surface area contributed by atoms with E-state index in [0.717, 1.165) is 25.9 Å². The van der Waals surface area contributed by atoms with Crippen LogP contribution in [0.3, 0.4) is 0 Å². The van der Waals surface area contributed by atoms with Crippen LogP contribution in [0.4, 0.5) is 0 Å². The summed E-state index contributed by atoms with van der Waals surface area (Å²) in [6.45, 7) is 7.06. The number of hydrogen-bond donors (Lipinski definition) is 1. The molecule has 0 spiro atoms. The van der Waals surface area contributed by atoms with Crippen LogP contribution in [0.5, 0.6) is 0 Å². The molecule has 1 heterocycles. The maximum absolute atomic E-state index is 13.0. The van der Waals surface area contributed by atoms with E-state index in [4.69, 9.17) is 0 Å². The third-order valence-electron chi connectivity index (χ3n) is 5.88. The molecule has 144 valence electrons. The summed E-state index contributed by atoms with van der Waals surface area (Å²) in [5.41, 5.74) is 2.53. The van der Waals surface area contributed by atoms with Gasteiger partial charge in [0, 0.05) is 24.9 Å². The van der Waals surface area contributed by atoms with Gasteiger partial charge in [0.1, 0.15) is 0 Å². The number of nitrogens with zero attached hydrogens (tertiary/aromatic N) is 1. The second kappa shape index (κ2) is 9.70.